The summed E-state index contributed by atoms with van der Waals surface area (Å²) in [6.07, 6.45) is 6.74. The molecule has 7 nitrogen and oxygen atoms in total. The monoisotopic (exact) mass is 540 g/mol. The van der Waals surface area contributed by atoms with E-state index in [9.17, 15) is 14.7 Å². The standard InChI is InChI=1S/C33H40N4O3/c1-19-16-36(17-20(2)35(19)3)32(40)33-15-27(33)26-14-23(38)10-12-24(26)30-29(21-7-5-4-6-8-21)25-11-9-22(31(34)39)13-28(25)37(30)18-33/h9-14,19-21,27,38H,4-8,15-18H2,1-3H3,(H2,34,39)/t19-,20+,27?,33?. The van der Waals surface area contributed by atoms with E-state index in [0.29, 0.717) is 30.1 Å². The minimum Gasteiger partial charge on any atom is -0.508 e. The van der Waals surface area contributed by atoms with E-state index in [2.05, 4.69) is 47.4 Å². The van der Waals surface area contributed by atoms with Crippen LogP contribution in [0, 0.1) is 5.41 Å². The number of benzene rings is 2. The van der Waals surface area contributed by atoms with E-state index < -0.39 is 11.3 Å². The zero-order chi connectivity index (χ0) is 27.9. The third kappa shape index (κ3) is 3.73. The molecular formula is C33H40N4O3. The largest absolute Gasteiger partial charge is 0.508 e. The highest BCUT2D eigenvalue weighted by Crippen LogP contribution is 2.66. The number of likely N-dealkylation sites (N-methyl/N-ethyl adjacent to an activating group) is 1. The first-order valence-electron chi connectivity index (χ1n) is 15.0. The maximum Gasteiger partial charge on any atom is 0.248 e. The first kappa shape index (κ1) is 25.6. The second-order valence-corrected chi connectivity index (χ2v) is 13.0. The topological polar surface area (TPSA) is 91.8 Å². The highest BCUT2D eigenvalue weighted by atomic mass is 16.3. The van der Waals surface area contributed by atoms with Gasteiger partial charge in [-0.05, 0) is 87.5 Å². The number of rotatable bonds is 3. The van der Waals surface area contributed by atoms with Crippen molar-refractivity contribution in [3.63, 3.8) is 0 Å². The van der Waals surface area contributed by atoms with E-state index in [-0.39, 0.29) is 17.6 Å². The van der Waals surface area contributed by atoms with Crippen molar-refractivity contribution in [2.75, 3.05) is 20.1 Å². The Balaban J connectivity index is 1.44. The predicted molar refractivity (Wildman–Crippen MR) is 156 cm³/mol. The van der Waals surface area contributed by atoms with Gasteiger partial charge in [0.05, 0.1) is 11.1 Å². The molecular weight excluding hydrogens is 500 g/mol. The first-order valence-corrected chi connectivity index (χ1v) is 15.0. The Morgan fingerprint density at radius 1 is 1.00 bits per heavy atom. The smallest absolute Gasteiger partial charge is 0.248 e. The lowest BCUT2D eigenvalue weighted by Gasteiger charge is -2.43. The number of piperazine rings is 1. The normalized spacial score (nSPS) is 28.5. The number of hydrogen-bond acceptors (Lipinski definition) is 4. The Morgan fingerprint density at radius 3 is 2.42 bits per heavy atom. The van der Waals surface area contributed by atoms with Gasteiger partial charge in [0.2, 0.25) is 11.8 Å². The van der Waals surface area contributed by atoms with Crippen molar-refractivity contribution in [3.05, 3.63) is 53.1 Å². The second-order valence-electron chi connectivity index (χ2n) is 13.0. The molecule has 3 N–H and O–H groups in total. The molecule has 40 heavy (non-hydrogen) atoms. The Morgan fingerprint density at radius 2 is 1.73 bits per heavy atom. The summed E-state index contributed by atoms with van der Waals surface area (Å²) in [7, 11) is 2.14. The number of nitrogens with zero attached hydrogens (tertiary/aromatic N) is 3. The van der Waals surface area contributed by atoms with Gasteiger partial charge in [0.15, 0.2) is 0 Å². The zero-order valence-electron chi connectivity index (χ0n) is 23.8. The molecule has 210 valence electrons. The maximum absolute atomic E-state index is 14.5. The number of hydrogen-bond donors (Lipinski definition) is 2. The van der Waals surface area contributed by atoms with Crippen LogP contribution in [0.2, 0.25) is 0 Å². The first-order chi connectivity index (χ1) is 19.2. The molecule has 2 aliphatic heterocycles. The Labute approximate surface area is 235 Å². The van der Waals surface area contributed by atoms with Gasteiger partial charge in [-0.25, -0.2) is 0 Å². The van der Waals surface area contributed by atoms with Crippen molar-refractivity contribution >= 4 is 22.7 Å². The average Bonchev–Trinajstić information content (AvgIpc) is 3.61. The second kappa shape index (κ2) is 9.10. The van der Waals surface area contributed by atoms with Crippen LogP contribution in [-0.2, 0) is 11.3 Å². The van der Waals surface area contributed by atoms with Gasteiger partial charge < -0.3 is 20.3 Å². The van der Waals surface area contributed by atoms with E-state index in [0.717, 1.165) is 60.1 Å². The van der Waals surface area contributed by atoms with E-state index in [1.807, 2.05) is 18.2 Å². The lowest BCUT2D eigenvalue weighted by Crippen LogP contribution is -2.58. The highest BCUT2D eigenvalue weighted by molar-refractivity contribution is 6.01. The van der Waals surface area contributed by atoms with Gasteiger partial charge >= 0.3 is 0 Å². The zero-order valence-corrected chi connectivity index (χ0v) is 23.8. The molecule has 1 saturated heterocycles. The Kier molecular flexibility index (Phi) is 5.83. The number of phenols is 1. The van der Waals surface area contributed by atoms with Crippen LogP contribution in [0.25, 0.3) is 22.2 Å². The molecule has 4 atom stereocenters. The van der Waals surface area contributed by atoms with Gasteiger partial charge in [0, 0.05) is 59.7 Å². The van der Waals surface area contributed by atoms with Crippen LogP contribution in [0.15, 0.2) is 36.4 Å². The number of fused-ring (bicyclic) bond motifs is 7. The fourth-order valence-corrected chi connectivity index (χ4v) is 8.20. The summed E-state index contributed by atoms with van der Waals surface area (Å²) in [5, 5.41) is 11.8. The summed E-state index contributed by atoms with van der Waals surface area (Å²) in [6, 6.07) is 12.2. The van der Waals surface area contributed by atoms with E-state index in [1.54, 1.807) is 6.07 Å². The third-order valence-electron chi connectivity index (χ3n) is 10.7. The number of primary amides is 1. The minimum atomic E-state index is -0.568. The Bertz CT molecular complexity index is 1520. The molecule has 0 bridgehead atoms. The van der Waals surface area contributed by atoms with Gasteiger partial charge in [-0.2, -0.15) is 0 Å². The minimum absolute atomic E-state index is 0.0563. The molecule has 3 fully saturated rings. The molecule has 3 aromatic rings. The SMILES string of the molecule is C[C@@H]1CN(C(=O)C23CC2c2cc(O)ccc2-c2c(C4CCCCC4)c4ccc(C(N)=O)cc4n2C3)C[C@H](C)N1C. The summed E-state index contributed by atoms with van der Waals surface area (Å²) in [5.74, 6) is 0.508. The van der Waals surface area contributed by atoms with Crippen molar-refractivity contribution in [2.45, 2.75) is 82.8 Å². The lowest BCUT2D eigenvalue weighted by atomic mass is 9.81. The van der Waals surface area contributed by atoms with E-state index in [4.69, 9.17) is 5.73 Å². The number of aromatic nitrogens is 1. The van der Waals surface area contributed by atoms with Crippen LogP contribution in [0.5, 0.6) is 5.75 Å². The van der Waals surface area contributed by atoms with Gasteiger partial charge in [0.25, 0.3) is 0 Å². The van der Waals surface area contributed by atoms with Crippen LogP contribution in [0.3, 0.4) is 0 Å². The summed E-state index contributed by atoms with van der Waals surface area (Å²) in [5.41, 5.74) is 11.4. The van der Waals surface area contributed by atoms with Crippen molar-refractivity contribution in [2.24, 2.45) is 11.1 Å². The predicted octanol–water partition coefficient (Wildman–Crippen LogP) is 5.20. The Hall–Kier alpha value is -3.32. The summed E-state index contributed by atoms with van der Waals surface area (Å²) < 4.78 is 2.34. The van der Waals surface area contributed by atoms with E-state index >= 15 is 0 Å². The quantitative estimate of drug-likeness (QED) is 0.478. The van der Waals surface area contributed by atoms with Gasteiger partial charge in [0.1, 0.15) is 5.75 Å². The van der Waals surface area contributed by atoms with E-state index in [1.165, 1.54) is 24.8 Å². The number of aromatic hydroxyl groups is 1. The summed E-state index contributed by atoms with van der Waals surface area (Å²) in [6.45, 7) is 6.40. The fraction of sp³-hybridized carbons (Fsp3) is 0.515. The van der Waals surface area contributed by atoms with Crippen molar-refractivity contribution < 1.29 is 14.7 Å². The molecule has 2 amide bonds. The van der Waals surface area contributed by atoms with Crippen LogP contribution in [0.4, 0.5) is 0 Å². The molecule has 7 heteroatoms. The van der Waals surface area contributed by atoms with Crippen LogP contribution in [0.1, 0.15) is 85.7 Å². The van der Waals surface area contributed by atoms with Crippen molar-refractivity contribution in [3.8, 4) is 17.0 Å². The molecule has 2 unspecified atom stereocenters. The molecule has 4 aliphatic rings. The highest BCUT2D eigenvalue weighted by Gasteiger charge is 2.64. The molecule has 2 saturated carbocycles. The van der Waals surface area contributed by atoms with Gasteiger partial charge in [-0.15, -0.1) is 0 Å². The third-order valence-corrected chi connectivity index (χ3v) is 10.7. The lowest BCUT2D eigenvalue weighted by molar-refractivity contribution is -0.141. The van der Waals surface area contributed by atoms with Gasteiger partial charge in [-0.1, -0.05) is 25.3 Å². The number of nitrogens with two attached hydrogens (primary N) is 1. The molecule has 2 aliphatic carbocycles. The summed E-state index contributed by atoms with van der Waals surface area (Å²) >= 11 is 0. The molecule has 3 heterocycles. The van der Waals surface area contributed by atoms with Gasteiger partial charge in [-0.3, -0.25) is 14.5 Å². The number of amides is 2. The van der Waals surface area contributed by atoms with Crippen LogP contribution < -0.4 is 5.73 Å². The molecule has 2 aromatic carbocycles. The molecule has 0 spiro atoms. The van der Waals surface area contributed by atoms with Crippen molar-refractivity contribution in [1.29, 1.82) is 0 Å². The molecule has 7 rings (SSSR count). The fourth-order valence-electron chi connectivity index (χ4n) is 8.20. The van der Waals surface area contributed by atoms with Crippen LogP contribution >= 0.6 is 0 Å². The van der Waals surface area contributed by atoms with Crippen molar-refractivity contribution in [1.82, 2.24) is 14.4 Å². The number of carbonyl (C=O) groups excluding carboxylic acids is 2. The summed E-state index contributed by atoms with van der Waals surface area (Å²) in [4.78, 5) is 31.3. The number of carbonyl (C=O) groups is 2. The maximum atomic E-state index is 14.5. The molecule has 0 radical (unpaired) electrons. The number of phenolic OH excluding ortho intramolecular Hbond substituents is 1. The van der Waals surface area contributed by atoms with Crippen LogP contribution in [-0.4, -0.2) is 63.5 Å². The molecule has 1 aromatic heterocycles. The average molecular weight is 541 g/mol.